The molecule has 0 spiro atoms. The number of hydrogen-bond acceptors (Lipinski definition) is 6. The minimum atomic E-state index is -0.335. The predicted molar refractivity (Wildman–Crippen MR) is 87.2 cm³/mol. The third-order valence-electron chi connectivity index (χ3n) is 3.91. The maximum absolute atomic E-state index is 12.2. The number of hydrogen-bond donors (Lipinski definition) is 1. The van der Waals surface area contributed by atoms with Gasteiger partial charge in [-0.05, 0) is 26.7 Å². The van der Waals surface area contributed by atoms with Crippen LogP contribution in [-0.4, -0.2) is 32.5 Å². The maximum Gasteiger partial charge on any atom is 0.316 e. The van der Waals surface area contributed by atoms with Crippen molar-refractivity contribution >= 4 is 11.6 Å². The van der Waals surface area contributed by atoms with Gasteiger partial charge < -0.3 is 10.1 Å². The molecular formula is C16H19N5O3. The van der Waals surface area contributed by atoms with Crippen LogP contribution < -0.4 is 15.6 Å². The molecular weight excluding hydrogens is 310 g/mol. The average Bonchev–Trinajstić information content (AvgIpc) is 3.37. The first kappa shape index (κ1) is 16.1. The molecule has 8 nitrogen and oxygen atoms in total. The zero-order valence-corrected chi connectivity index (χ0v) is 13.9. The van der Waals surface area contributed by atoms with Gasteiger partial charge in [0.15, 0.2) is 0 Å². The van der Waals surface area contributed by atoms with Crippen LogP contribution in [0.4, 0.5) is 5.69 Å². The third kappa shape index (κ3) is 3.42. The molecule has 2 aromatic rings. The van der Waals surface area contributed by atoms with Crippen molar-refractivity contribution in [3.8, 4) is 6.01 Å². The Morgan fingerprint density at radius 1 is 1.33 bits per heavy atom. The molecule has 1 aliphatic rings. The topological polar surface area (TPSA) is 99.0 Å². The number of aromatic nitrogens is 4. The standard InChI is InChI=1S/C16H19N5O3/c1-9-15(10(2)19-16(18-9)24-3)20-13(22)7-21-8-17-12(6-14(21)23)11-4-5-11/h6,8,11H,4-5,7H2,1-3H3,(H,20,22). The minimum Gasteiger partial charge on any atom is -0.467 e. The van der Waals surface area contributed by atoms with Gasteiger partial charge in [0.1, 0.15) is 6.54 Å². The van der Waals surface area contributed by atoms with Crippen molar-refractivity contribution in [1.82, 2.24) is 19.5 Å². The van der Waals surface area contributed by atoms with E-state index in [-0.39, 0.29) is 24.0 Å². The van der Waals surface area contributed by atoms with Gasteiger partial charge in [0.25, 0.3) is 5.56 Å². The van der Waals surface area contributed by atoms with Crippen molar-refractivity contribution in [3.63, 3.8) is 0 Å². The number of aryl methyl sites for hydroxylation is 2. The van der Waals surface area contributed by atoms with Crippen molar-refractivity contribution in [2.24, 2.45) is 0 Å². The lowest BCUT2D eigenvalue weighted by molar-refractivity contribution is -0.116. The first-order chi connectivity index (χ1) is 11.5. The molecule has 1 fully saturated rings. The van der Waals surface area contributed by atoms with Crippen LogP contribution in [0.1, 0.15) is 35.8 Å². The van der Waals surface area contributed by atoms with E-state index in [1.165, 1.54) is 24.1 Å². The fraction of sp³-hybridized carbons (Fsp3) is 0.438. The Balaban J connectivity index is 1.73. The third-order valence-corrected chi connectivity index (χ3v) is 3.91. The van der Waals surface area contributed by atoms with Crippen molar-refractivity contribution in [1.29, 1.82) is 0 Å². The highest BCUT2D eigenvalue weighted by atomic mass is 16.5. The molecule has 0 aliphatic heterocycles. The van der Waals surface area contributed by atoms with Gasteiger partial charge in [-0.25, -0.2) is 4.98 Å². The van der Waals surface area contributed by atoms with E-state index in [4.69, 9.17) is 4.74 Å². The summed E-state index contributed by atoms with van der Waals surface area (Å²) in [7, 11) is 1.48. The smallest absolute Gasteiger partial charge is 0.316 e. The van der Waals surface area contributed by atoms with Gasteiger partial charge in [0.2, 0.25) is 5.91 Å². The van der Waals surface area contributed by atoms with E-state index in [9.17, 15) is 9.59 Å². The number of anilines is 1. The molecule has 1 aliphatic carbocycles. The number of methoxy groups -OCH3 is 1. The van der Waals surface area contributed by atoms with E-state index in [2.05, 4.69) is 20.3 Å². The highest BCUT2D eigenvalue weighted by molar-refractivity contribution is 5.91. The summed E-state index contributed by atoms with van der Waals surface area (Å²) in [5.41, 5.74) is 2.31. The lowest BCUT2D eigenvalue weighted by atomic mass is 10.2. The van der Waals surface area contributed by atoms with Gasteiger partial charge in [-0.15, -0.1) is 0 Å². The Labute approximate surface area is 138 Å². The van der Waals surface area contributed by atoms with E-state index in [0.717, 1.165) is 18.5 Å². The summed E-state index contributed by atoms with van der Waals surface area (Å²) in [4.78, 5) is 36.9. The number of ether oxygens (including phenoxy) is 1. The highest BCUT2D eigenvalue weighted by Crippen LogP contribution is 2.38. The van der Waals surface area contributed by atoms with E-state index in [0.29, 0.717) is 23.0 Å². The predicted octanol–water partition coefficient (Wildman–Crippen LogP) is 1.17. The Hall–Kier alpha value is -2.77. The van der Waals surface area contributed by atoms with Gasteiger partial charge in [-0.2, -0.15) is 9.97 Å². The molecule has 126 valence electrons. The molecule has 3 rings (SSSR count). The molecule has 1 saturated carbocycles. The SMILES string of the molecule is COc1nc(C)c(NC(=O)Cn2cnc(C3CC3)cc2=O)c(C)n1. The van der Waals surface area contributed by atoms with Crippen molar-refractivity contribution < 1.29 is 9.53 Å². The molecule has 24 heavy (non-hydrogen) atoms. The number of nitrogens with one attached hydrogen (secondary N) is 1. The molecule has 1 N–H and O–H groups in total. The Morgan fingerprint density at radius 2 is 2.00 bits per heavy atom. The fourth-order valence-corrected chi connectivity index (χ4v) is 2.45. The van der Waals surface area contributed by atoms with Crippen molar-refractivity contribution in [2.45, 2.75) is 39.2 Å². The molecule has 0 saturated heterocycles. The van der Waals surface area contributed by atoms with E-state index in [1.54, 1.807) is 13.8 Å². The number of rotatable bonds is 5. The Kier molecular flexibility index (Phi) is 4.28. The van der Waals surface area contributed by atoms with E-state index >= 15 is 0 Å². The molecule has 2 heterocycles. The Morgan fingerprint density at radius 3 is 2.54 bits per heavy atom. The summed E-state index contributed by atoms with van der Waals surface area (Å²) in [5.74, 6) is 0.0703. The highest BCUT2D eigenvalue weighted by Gasteiger charge is 2.25. The lowest BCUT2D eigenvalue weighted by Gasteiger charge is -2.12. The van der Waals surface area contributed by atoms with Crippen LogP contribution in [0.5, 0.6) is 6.01 Å². The molecule has 0 bridgehead atoms. The maximum atomic E-state index is 12.2. The molecule has 0 radical (unpaired) electrons. The number of carbonyl (C=O) groups excluding carboxylic acids is 1. The largest absolute Gasteiger partial charge is 0.467 e. The Bertz CT molecular complexity index is 819. The molecule has 0 aromatic carbocycles. The normalized spacial score (nSPS) is 13.6. The summed E-state index contributed by atoms with van der Waals surface area (Å²) in [6.45, 7) is 3.40. The van der Waals surface area contributed by atoms with Crippen LogP contribution in [-0.2, 0) is 11.3 Å². The van der Waals surface area contributed by atoms with Gasteiger partial charge in [0.05, 0.1) is 36.2 Å². The molecule has 2 aromatic heterocycles. The van der Waals surface area contributed by atoms with Crippen LogP contribution in [0.15, 0.2) is 17.2 Å². The lowest BCUT2D eigenvalue weighted by Crippen LogP contribution is -2.28. The second kappa shape index (κ2) is 6.38. The zero-order chi connectivity index (χ0) is 17.3. The summed E-state index contributed by atoms with van der Waals surface area (Å²) < 4.78 is 6.28. The van der Waals surface area contributed by atoms with Gasteiger partial charge in [0, 0.05) is 12.0 Å². The first-order valence-electron chi connectivity index (χ1n) is 7.73. The molecule has 0 unspecified atom stereocenters. The van der Waals surface area contributed by atoms with Crippen LogP contribution in [0.25, 0.3) is 0 Å². The van der Waals surface area contributed by atoms with Crippen LogP contribution in [0.3, 0.4) is 0 Å². The first-order valence-corrected chi connectivity index (χ1v) is 7.73. The van der Waals surface area contributed by atoms with E-state index in [1.807, 2.05) is 0 Å². The summed E-state index contributed by atoms with van der Waals surface area (Å²) >= 11 is 0. The van der Waals surface area contributed by atoms with Crippen molar-refractivity contribution in [3.05, 3.63) is 39.8 Å². The second-order valence-corrected chi connectivity index (χ2v) is 5.86. The minimum absolute atomic E-state index is 0.109. The zero-order valence-electron chi connectivity index (χ0n) is 13.9. The van der Waals surface area contributed by atoms with Crippen molar-refractivity contribution in [2.75, 3.05) is 12.4 Å². The van der Waals surface area contributed by atoms with Crippen LogP contribution >= 0.6 is 0 Å². The van der Waals surface area contributed by atoms with Gasteiger partial charge >= 0.3 is 6.01 Å². The summed E-state index contributed by atoms with van der Waals surface area (Å²) in [5, 5.41) is 2.75. The van der Waals surface area contributed by atoms with E-state index < -0.39 is 0 Å². The molecule has 8 heteroatoms. The summed E-state index contributed by atoms with van der Waals surface area (Å²) in [6, 6.07) is 1.76. The van der Waals surface area contributed by atoms with Crippen LogP contribution in [0.2, 0.25) is 0 Å². The van der Waals surface area contributed by atoms with Gasteiger partial charge in [-0.3, -0.25) is 14.2 Å². The van der Waals surface area contributed by atoms with Crippen LogP contribution in [0, 0.1) is 13.8 Å². The fourth-order valence-electron chi connectivity index (χ4n) is 2.45. The number of nitrogens with zero attached hydrogens (tertiary/aromatic N) is 4. The quantitative estimate of drug-likeness (QED) is 0.884. The monoisotopic (exact) mass is 329 g/mol. The number of amides is 1. The molecule has 0 atom stereocenters. The summed E-state index contributed by atoms with van der Waals surface area (Å²) in [6.07, 6.45) is 3.58. The molecule has 1 amide bonds. The number of carbonyl (C=O) groups is 1. The van der Waals surface area contributed by atoms with Gasteiger partial charge in [-0.1, -0.05) is 0 Å². The second-order valence-electron chi connectivity index (χ2n) is 5.86. The average molecular weight is 329 g/mol.